The van der Waals surface area contributed by atoms with Gasteiger partial charge >= 0.3 is 0 Å². The Labute approximate surface area is 179 Å². The summed E-state index contributed by atoms with van der Waals surface area (Å²) in [5, 5.41) is 3.83. The summed E-state index contributed by atoms with van der Waals surface area (Å²) in [6.07, 6.45) is 1.52. The predicted molar refractivity (Wildman–Crippen MR) is 122 cm³/mol. The lowest BCUT2D eigenvalue weighted by Gasteiger charge is -2.19. The van der Waals surface area contributed by atoms with E-state index in [-0.39, 0.29) is 17.2 Å². The Kier molecular flexibility index (Phi) is 5.29. The van der Waals surface area contributed by atoms with Crippen LogP contribution in [0.3, 0.4) is 0 Å². The monoisotopic (exact) mass is 413 g/mol. The second-order valence-corrected chi connectivity index (χ2v) is 7.61. The molecule has 0 radical (unpaired) electrons. The first-order chi connectivity index (χ1) is 14.9. The molecule has 0 bridgehead atoms. The molecule has 0 saturated heterocycles. The fourth-order valence-electron chi connectivity index (χ4n) is 3.78. The quantitative estimate of drug-likeness (QED) is 0.492. The van der Waals surface area contributed by atoms with Crippen molar-refractivity contribution in [3.05, 3.63) is 93.4 Å². The first-order valence-electron chi connectivity index (χ1n) is 10.0. The van der Waals surface area contributed by atoms with Gasteiger partial charge in [-0.05, 0) is 44.5 Å². The first kappa shape index (κ1) is 20.3. The maximum atomic E-state index is 13.2. The van der Waals surface area contributed by atoms with E-state index >= 15 is 0 Å². The van der Waals surface area contributed by atoms with Gasteiger partial charge in [0.05, 0.1) is 17.1 Å². The third kappa shape index (κ3) is 3.80. The van der Waals surface area contributed by atoms with E-state index in [1.807, 2.05) is 56.3 Å². The predicted octanol–water partition coefficient (Wildman–Crippen LogP) is 4.74. The van der Waals surface area contributed by atoms with Crippen LogP contribution in [0.5, 0.6) is 0 Å². The maximum absolute atomic E-state index is 13.2. The van der Waals surface area contributed by atoms with Crippen LogP contribution in [0.2, 0.25) is 0 Å². The average Bonchev–Trinajstić information content (AvgIpc) is 2.77. The van der Waals surface area contributed by atoms with Crippen molar-refractivity contribution < 1.29 is 9.21 Å². The van der Waals surface area contributed by atoms with Crippen molar-refractivity contribution in [2.24, 2.45) is 5.73 Å². The van der Waals surface area contributed by atoms with Crippen LogP contribution < -0.4 is 16.5 Å². The number of hydrogen-bond acceptors (Lipinski definition) is 5. The number of pyridine rings is 1. The molecule has 6 heteroatoms. The van der Waals surface area contributed by atoms with Crippen molar-refractivity contribution in [1.82, 2.24) is 4.98 Å². The van der Waals surface area contributed by atoms with Crippen molar-refractivity contribution in [3.63, 3.8) is 0 Å². The highest BCUT2D eigenvalue weighted by molar-refractivity contribution is 5.96. The Morgan fingerprint density at radius 3 is 2.55 bits per heavy atom. The molecule has 4 aromatic rings. The number of amides is 1. The van der Waals surface area contributed by atoms with Crippen LogP contribution in [-0.2, 0) is 0 Å². The number of fused-ring (bicyclic) bond motifs is 1. The van der Waals surface area contributed by atoms with E-state index in [1.165, 1.54) is 6.20 Å². The summed E-state index contributed by atoms with van der Waals surface area (Å²) in [5.41, 5.74) is 9.77. The smallest absolute Gasteiger partial charge is 0.269 e. The molecule has 4 rings (SSSR count). The van der Waals surface area contributed by atoms with Crippen LogP contribution in [0.4, 0.5) is 5.69 Å². The first-order valence-corrected chi connectivity index (χ1v) is 10.0. The summed E-state index contributed by atoms with van der Waals surface area (Å²) in [7, 11) is 0. The van der Waals surface area contributed by atoms with Gasteiger partial charge in [-0.25, -0.2) is 4.98 Å². The molecule has 156 valence electrons. The van der Waals surface area contributed by atoms with E-state index in [0.29, 0.717) is 28.0 Å². The van der Waals surface area contributed by atoms with E-state index in [4.69, 9.17) is 10.2 Å². The molecule has 1 unspecified atom stereocenters. The van der Waals surface area contributed by atoms with E-state index in [9.17, 15) is 9.59 Å². The molecule has 0 aliphatic heterocycles. The number of rotatable bonds is 5. The standard InChI is InChI=1S/C25H23N3O3/c1-14-12-18(16(3)28-20-10-7-11-27-21(20)25(26)30)24-19(13-14)22(29)15(2)23(31-24)17-8-5-4-6-9-17/h4-13,16,28H,1-3H3,(H2,26,30). The minimum atomic E-state index is -0.613. The molecule has 1 amide bonds. The number of aromatic nitrogens is 1. The summed E-state index contributed by atoms with van der Waals surface area (Å²) in [4.78, 5) is 29.0. The largest absolute Gasteiger partial charge is 0.455 e. The summed E-state index contributed by atoms with van der Waals surface area (Å²) < 4.78 is 6.33. The lowest BCUT2D eigenvalue weighted by Crippen LogP contribution is -2.18. The van der Waals surface area contributed by atoms with Crippen molar-refractivity contribution in [2.75, 3.05) is 5.32 Å². The third-order valence-corrected chi connectivity index (χ3v) is 5.31. The van der Waals surface area contributed by atoms with Crippen LogP contribution in [0.15, 0.2) is 70.0 Å². The third-order valence-electron chi connectivity index (χ3n) is 5.31. The lowest BCUT2D eigenvalue weighted by molar-refractivity contribution is 0.0996. The Balaban J connectivity index is 1.89. The van der Waals surface area contributed by atoms with E-state index < -0.39 is 5.91 Å². The average molecular weight is 413 g/mol. The lowest BCUT2D eigenvalue weighted by atomic mass is 9.98. The molecule has 0 aliphatic carbocycles. The van der Waals surface area contributed by atoms with Crippen molar-refractivity contribution in [1.29, 1.82) is 0 Å². The molecule has 0 fully saturated rings. The van der Waals surface area contributed by atoms with Crippen LogP contribution in [0, 0.1) is 13.8 Å². The molecular formula is C25H23N3O3. The normalized spacial score (nSPS) is 12.0. The van der Waals surface area contributed by atoms with Crippen LogP contribution >= 0.6 is 0 Å². The highest BCUT2D eigenvalue weighted by Gasteiger charge is 2.20. The molecule has 0 spiro atoms. The highest BCUT2D eigenvalue weighted by Crippen LogP contribution is 2.32. The number of carbonyl (C=O) groups is 1. The van der Waals surface area contributed by atoms with Gasteiger partial charge in [-0.2, -0.15) is 0 Å². The number of nitrogens with zero attached hydrogens (tertiary/aromatic N) is 1. The van der Waals surface area contributed by atoms with Crippen molar-refractivity contribution >= 4 is 22.6 Å². The van der Waals surface area contributed by atoms with Gasteiger partial charge in [0, 0.05) is 22.9 Å². The molecular weight excluding hydrogens is 390 g/mol. The minimum absolute atomic E-state index is 0.0588. The van der Waals surface area contributed by atoms with Gasteiger partial charge in [0.25, 0.3) is 5.91 Å². The van der Waals surface area contributed by atoms with E-state index in [2.05, 4.69) is 10.3 Å². The number of nitrogens with two attached hydrogens (primary N) is 1. The Morgan fingerprint density at radius 1 is 1.10 bits per heavy atom. The zero-order valence-corrected chi connectivity index (χ0v) is 17.6. The van der Waals surface area contributed by atoms with Gasteiger partial charge in [-0.15, -0.1) is 0 Å². The van der Waals surface area contributed by atoms with Crippen LogP contribution in [-0.4, -0.2) is 10.9 Å². The summed E-state index contributed by atoms with van der Waals surface area (Å²) in [6, 6.07) is 16.6. The fraction of sp³-hybridized carbons (Fsp3) is 0.160. The molecule has 6 nitrogen and oxygen atoms in total. The molecule has 2 heterocycles. The highest BCUT2D eigenvalue weighted by atomic mass is 16.3. The second-order valence-electron chi connectivity index (χ2n) is 7.61. The summed E-state index contributed by atoms with van der Waals surface area (Å²) >= 11 is 0. The molecule has 2 aromatic heterocycles. The van der Waals surface area contributed by atoms with Crippen LogP contribution in [0.25, 0.3) is 22.3 Å². The molecule has 2 aromatic carbocycles. The topological polar surface area (TPSA) is 98.2 Å². The number of benzene rings is 2. The van der Waals surface area contributed by atoms with Gasteiger partial charge in [0.2, 0.25) is 0 Å². The number of nitrogens with one attached hydrogen (secondary N) is 1. The Morgan fingerprint density at radius 2 is 1.84 bits per heavy atom. The SMILES string of the molecule is Cc1cc(C(C)Nc2cccnc2C(N)=O)c2oc(-c3ccccc3)c(C)c(=O)c2c1. The van der Waals surface area contributed by atoms with Gasteiger partial charge < -0.3 is 15.5 Å². The molecule has 31 heavy (non-hydrogen) atoms. The number of carbonyl (C=O) groups excluding carboxylic acids is 1. The van der Waals surface area contributed by atoms with Gasteiger partial charge in [-0.3, -0.25) is 9.59 Å². The maximum Gasteiger partial charge on any atom is 0.269 e. The number of anilines is 1. The van der Waals surface area contributed by atoms with Gasteiger partial charge in [0.15, 0.2) is 11.1 Å². The number of hydrogen-bond donors (Lipinski definition) is 2. The zero-order chi connectivity index (χ0) is 22.1. The van der Waals surface area contributed by atoms with Crippen molar-refractivity contribution in [2.45, 2.75) is 26.8 Å². The minimum Gasteiger partial charge on any atom is -0.455 e. The van der Waals surface area contributed by atoms with Gasteiger partial charge in [0.1, 0.15) is 11.3 Å². The van der Waals surface area contributed by atoms with Gasteiger partial charge in [-0.1, -0.05) is 36.4 Å². The summed E-state index contributed by atoms with van der Waals surface area (Å²) in [6.45, 7) is 5.66. The molecule has 3 N–H and O–H groups in total. The van der Waals surface area contributed by atoms with E-state index in [1.54, 1.807) is 19.1 Å². The van der Waals surface area contributed by atoms with E-state index in [0.717, 1.165) is 16.7 Å². The molecule has 1 atom stereocenters. The Hall–Kier alpha value is -3.93. The Bertz CT molecular complexity index is 1340. The molecule has 0 saturated carbocycles. The summed E-state index contributed by atoms with van der Waals surface area (Å²) in [5.74, 6) is -0.0625. The van der Waals surface area contributed by atoms with Crippen LogP contribution in [0.1, 0.15) is 40.1 Å². The molecule has 0 aliphatic rings. The fourth-order valence-corrected chi connectivity index (χ4v) is 3.78. The second kappa shape index (κ2) is 8.07. The zero-order valence-electron chi connectivity index (χ0n) is 17.6. The van der Waals surface area contributed by atoms with Crippen molar-refractivity contribution in [3.8, 4) is 11.3 Å². The number of aryl methyl sites for hydroxylation is 1. The number of primary amides is 1.